The number of allylic oxidation sites excluding steroid dienone is 3. The van der Waals surface area contributed by atoms with E-state index in [-0.39, 0.29) is 12.4 Å². The van der Waals surface area contributed by atoms with E-state index >= 15 is 0 Å². The molecule has 3 heterocycles. The van der Waals surface area contributed by atoms with Gasteiger partial charge in [0.15, 0.2) is 11.6 Å². The number of nitrogens with one attached hydrogen (secondary N) is 2. The van der Waals surface area contributed by atoms with E-state index in [2.05, 4.69) is 20.6 Å². The molecule has 1 fully saturated rings. The first-order valence-corrected chi connectivity index (χ1v) is 10.5. The summed E-state index contributed by atoms with van der Waals surface area (Å²) in [6.07, 6.45) is 7.76. The van der Waals surface area contributed by atoms with Crippen LogP contribution in [0.15, 0.2) is 52.8 Å². The number of aliphatic hydroxyl groups excluding tert-OH is 1. The number of anilines is 1. The highest BCUT2D eigenvalue weighted by Crippen LogP contribution is 2.31. The molecule has 0 spiro atoms. The minimum Gasteiger partial charge on any atom is -0.395 e. The number of hydrogen-bond donors (Lipinski definition) is 3. The maximum absolute atomic E-state index is 12.1. The van der Waals surface area contributed by atoms with Crippen LogP contribution in [0.4, 0.5) is 11.5 Å². The third-order valence-corrected chi connectivity index (χ3v) is 5.39. The molecule has 0 atom stereocenters. The second-order valence-corrected chi connectivity index (χ2v) is 7.60. The van der Waals surface area contributed by atoms with Crippen molar-refractivity contribution in [2.45, 2.75) is 19.8 Å². The number of carbonyl (C=O) groups is 1. The fraction of sp³-hybridized carbons (Fsp3) is 0.409. The predicted octanol–water partition coefficient (Wildman–Crippen LogP) is 1.91. The van der Waals surface area contributed by atoms with Crippen LogP contribution in [0.3, 0.4) is 0 Å². The third-order valence-electron chi connectivity index (χ3n) is 5.39. The van der Waals surface area contributed by atoms with Gasteiger partial charge >= 0.3 is 0 Å². The van der Waals surface area contributed by atoms with E-state index in [0.29, 0.717) is 23.5 Å². The van der Waals surface area contributed by atoms with Gasteiger partial charge in [-0.05, 0) is 56.6 Å². The summed E-state index contributed by atoms with van der Waals surface area (Å²) in [5, 5.41) is 20.4. The molecule has 2 aromatic rings. The molecule has 158 valence electrons. The molecule has 4 rings (SSSR count). The van der Waals surface area contributed by atoms with Gasteiger partial charge < -0.3 is 20.6 Å². The third kappa shape index (κ3) is 4.44. The highest BCUT2D eigenvalue weighted by Gasteiger charge is 2.19. The van der Waals surface area contributed by atoms with Crippen LogP contribution in [0.25, 0.3) is 5.52 Å². The van der Waals surface area contributed by atoms with Crippen molar-refractivity contribution < 1.29 is 9.90 Å². The van der Waals surface area contributed by atoms with Crippen molar-refractivity contribution in [3.8, 4) is 0 Å². The lowest BCUT2D eigenvalue weighted by molar-refractivity contribution is -0.111. The van der Waals surface area contributed by atoms with E-state index in [1.807, 2.05) is 28.9 Å². The number of carbonyl (C=O) groups excluding carboxylic acids is 1. The Kier molecular flexibility index (Phi) is 6.25. The number of aromatic nitrogens is 2. The number of pyridine rings is 1. The van der Waals surface area contributed by atoms with Crippen molar-refractivity contribution in [3.63, 3.8) is 0 Å². The first kappa shape index (κ1) is 20.3. The largest absolute Gasteiger partial charge is 0.395 e. The van der Waals surface area contributed by atoms with Gasteiger partial charge in [-0.2, -0.15) is 0 Å². The molecule has 1 aliphatic carbocycles. The van der Waals surface area contributed by atoms with Crippen molar-refractivity contribution in [2.24, 2.45) is 4.99 Å². The highest BCUT2D eigenvalue weighted by molar-refractivity contribution is 6.22. The molecule has 2 aliphatic rings. The lowest BCUT2D eigenvalue weighted by Gasteiger charge is -2.16. The molecule has 0 saturated carbocycles. The number of aliphatic hydroxyl groups is 1. The summed E-state index contributed by atoms with van der Waals surface area (Å²) in [6.45, 7) is 6.18. The average molecular weight is 409 g/mol. The molecule has 2 aromatic heterocycles. The van der Waals surface area contributed by atoms with Crippen LogP contribution >= 0.6 is 0 Å². The van der Waals surface area contributed by atoms with Gasteiger partial charge in [0.2, 0.25) is 0 Å². The van der Waals surface area contributed by atoms with Gasteiger partial charge in [0, 0.05) is 31.9 Å². The second kappa shape index (κ2) is 9.23. The summed E-state index contributed by atoms with van der Waals surface area (Å²) in [4.78, 5) is 19.5. The van der Waals surface area contributed by atoms with E-state index in [1.54, 1.807) is 13.0 Å². The molecule has 8 nitrogen and oxygen atoms in total. The van der Waals surface area contributed by atoms with Gasteiger partial charge in [-0.15, -0.1) is 5.10 Å². The Balaban J connectivity index is 1.65. The normalized spacial score (nSPS) is 18.7. The Labute approximate surface area is 176 Å². The Bertz CT molecular complexity index is 1010. The van der Waals surface area contributed by atoms with Crippen LogP contribution < -0.4 is 10.6 Å². The summed E-state index contributed by atoms with van der Waals surface area (Å²) >= 11 is 0. The first-order chi connectivity index (χ1) is 14.7. The standard InChI is InChI=1S/C22H28N6O2/c1-16-14-18(17(15-20(16)30)23-8-13-29)25-21-19-6-2-3-11-28(19)26-22(21)24-7-12-27-9-4-5-10-27/h2-3,6,11,14-15,23,29H,4-5,7-10,12-13H2,1H3,(H,24,26)/b25-18+. The molecule has 1 aliphatic heterocycles. The van der Waals surface area contributed by atoms with E-state index in [4.69, 9.17) is 4.99 Å². The van der Waals surface area contributed by atoms with Crippen LogP contribution in [-0.2, 0) is 4.79 Å². The summed E-state index contributed by atoms with van der Waals surface area (Å²) in [5.74, 6) is 0.663. The summed E-state index contributed by atoms with van der Waals surface area (Å²) < 4.78 is 1.81. The van der Waals surface area contributed by atoms with Gasteiger partial charge in [0.05, 0.1) is 23.5 Å². The van der Waals surface area contributed by atoms with Gasteiger partial charge in [0.1, 0.15) is 5.69 Å². The zero-order valence-electron chi connectivity index (χ0n) is 17.3. The first-order valence-electron chi connectivity index (χ1n) is 10.5. The minimum atomic E-state index is -0.0572. The van der Waals surface area contributed by atoms with E-state index < -0.39 is 0 Å². The van der Waals surface area contributed by atoms with Crippen LogP contribution in [-0.4, -0.2) is 70.4 Å². The van der Waals surface area contributed by atoms with E-state index in [0.717, 1.165) is 43.2 Å². The minimum absolute atomic E-state index is 0.0263. The Hall–Kier alpha value is -2.97. The molecule has 0 aromatic carbocycles. The maximum Gasteiger partial charge on any atom is 0.183 e. The van der Waals surface area contributed by atoms with Crippen molar-refractivity contribution >= 4 is 28.5 Å². The fourth-order valence-corrected chi connectivity index (χ4v) is 3.77. The smallest absolute Gasteiger partial charge is 0.183 e. The molecule has 8 heteroatoms. The zero-order valence-corrected chi connectivity index (χ0v) is 17.3. The lowest BCUT2D eigenvalue weighted by atomic mass is 10.0. The molecule has 1 saturated heterocycles. The number of fused-ring (bicyclic) bond motifs is 1. The molecule has 0 unspecified atom stereocenters. The number of hydrogen-bond acceptors (Lipinski definition) is 7. The SMILES string of the molecule is CC1=C/C(=N\c2c(NCCN3CCCC3)nn3ccccc23)C(NCCO)=CC1=O. The van der Waals surface area contributed by atoms with Crippen LogP contribution in [0.5, 0.6) is 0 Å². The molecule has 3 N–H and O–H groups in total. The van der Waals surface area contributed by atoms with Gasteiger partial charge in [0.25, 0.3) is 0 Å². The predicted molar refractivity (Wildman–Crippen MR) is 118 cm³/mol. The van der Waals surface area contributed by atoms with Crippen LogP contribution in [0.2, 0.25) is 0 Å². The van der Waals surface area contributed by atoms with Crippen LogP contribution in [0.1, 0.15) is 19.8 Å². The lowest BCUT2D eigenvalue weighted by Crippen LogP contribution is -2.26. The summed E-state index contributed by atoms with van der Waals surface area (Å²) in [7, 11) is 0. The van der Waals surface area contributed by atoms with Crippen molar-refractivity contribution in [1.29, 1.82) is 0 Å². The van der Waals surface area contributed by atoms with Gasteiger partial charge in [-0.3, -0.25) is 4.79 Å². The number of nitrogens with zero attached hydrogens (tertiary/aromatic N) is 4. The van der Waals surface area contributed by atoms with E-state index in [9.17, 15) is 9.90 Å². The van der Waals surface area contributed by atoms with Crippen molar-refractivity contribution in [1.82, 2.24) is 19.8 Å². The van der Waals surface area contributed by atoms with Gasteiger partial charge in [-0.1, -0.05) is 6.07 Å². The maximum atomic E-state index is 12.1. The molecular formula is C22H28N6O2. The highest BCUT2D eigenvalue weighted by atomic mass is 16.3. The Morgan fingerprint density at radius 3 is 2.80 bits per heavy atom. The molecule has 30 heavy (non-hydrogen) atoms. The number of rotatable bonds is 8. The summed E-state index contributed by atoms with van der Waals surface area (Å²) in [5.41, 5.74) is 3.52. The van der Waals surface area contributed by atoms with Crippen LogP contribution in [0, 0.1) is 0 Å². The summed E-state index contributed by atoms with van der Waals surface area (Å²) in [6, 6.07) is 5.87. The number of aliphatic imine (C=N–C) groups is 1. The topological polar surface area (TPSA) is 94.3 Å². The monoisotopic (exact) mass is 408 g/mol. The fourth-order valence-electron chi connectivity index (χ4n) is 3.77. The van der Waals surface area contributed by atoms with Gasteiger partial charge in [-0.25, -0.2) is 9.51 Å². The van der Waals surface area contributed by atoms with Crippen molar-refractivity contribution in [3.05, 3.63) is 47.8 Å². The number of likely N-dealkylation sites (tertiary alicyclic amines) is 1. The number of ketones is 1. The average Bonchev–Trinajstić information content (AvgIpc) is 3.38. The molecule has 0 radical (unpaired) electrons. The molecule has 0 bridgehead atoms. The van der Waals surface area contributed by atoms with E-state index in [1.165, 1.54) is 18.9 Å². The van der Waals surface area contributed by atoms with Crippen molar-refractivity contribution in [2.75, 3.05) is 44.6 Å². The Morgan fingerprint density at radius 2 is 2.00 bits per heavy atom. The molecule has 0 amide bonds. The quantitative estimate of drug-likeness (QED) is 0.578. The zero-order chi connectivity index (χ0) is 20.9. The second-order valence-electron chi connectivity index (χ2n) is 7.60. The molecular weight excluding hydrogens is 380 g/mol. The Morgan fingerprint density at radius 1 is 1.17 bits per heavy atom.